The first kappa shape index (κ1) is 27.8. The topological polar surface area (TPSA) is 130 Å². The van der Waals surface area contributed by atoms with Crippen LogP contribution in [0.4, 0.5) is 17.8 Å². The predicted octanol–water partition coefficient (Wildman–Crippen LogP) is 4.20. The Labute approximate surface area is 229 Å². The number of esters is 1. The van der Waals surface area contributed by atoms with Crippen molar-refractivity contribution in [2.45, 2.75) is 51.1 Å². The molecule has 0 aliphatic heterocycles. The number of ether oxygens (including phenoxy) is 1. The summed E-state index contributed by atoms with van der Waals surface area (Å²) in [6, 6.07) is 17.6. The molecule has 2 aromatic carbocycles. The highest BCUT2D eigenvalue weighted by Gasteiger charge is 2.27. The van der Waals surface area contributed by atoms with Gasteiger partial charge in [-0.2, -0.15) is 15.0 Å². The number of hydrogen-bond donors (Lipinski definition) is 4. The number of hydrogen-bond acceptors (Lipinski definition) is 9. The van der Waals surface area contributed by atoms with Crippen molar-refractivity contribution < 1.29 is 14.3 Å². The van der Waals surface area contributed by atoms with Gasteiger partial charge in [-0.3, -0.25) is 4.79 Å². The van der Waals surface area contributed by atoms with Crippen molar-refractivity contribution in [2.24, 2.45) is 5.92 Å². The molecule has 1 aromatic heterocycles. The van der Waals surface area contributed by atoms with E-state index in [1.165, 1.54) is 12.7 Å². The summed E-state index contributed by atoms with van der Waals surface area (Å²) in [5, 5.41) is 12.8. The SMILES string of the molecule is CNc1nc(NC[C@H](C)c2ccccc2)nc(NC2CCC(C(=O)NCc3ccc(C(=O)OC)cc3)CC2)n1. The number of amides is 1. The lowest BCUT2D eigenvalue weighted by molar-refractivity contribution is -0.126. The fraction of sp³-hybridized carbons (Fsp3) is 0.414. The number of anilines is 3. The van der Waals surface area contributed by atoms with Crippen LogP contribution in [0, 0.1) is 5.92 Å². The number of rotatable bonds is 11. The van der Waals surface area contributed by atoms with Crippen molar-refractivity contribution in [1.82, 2.24) is 20.3 Å². The first-order chi connectivity index (χ1) is 18.9. The van der Waals surface area contributed by atoms with Crippen molar-refractivity contribution in [3.05, 3.63) is 71.3 Å². The van der Waals surface area contributed by atoms with Crippen molar-refractivity contribution in [3.8, 4) is 0 Å². The standard InChI is InChI=1S/C29H37N7O3/c1-19(21-7-5-4-6-8-21)17-32-28-34-27(30-2)35-29(36-28)33-24-15-13-22(14-16-24)25(37)31-18-20-9-11-23(12-10-20)26(38)39-3/h4-12,19,22,24H,13-18H2,1-3H3,(H,31,37)(H3,30,32,33,34,35,36)/t19-,22?,24?/m0/s1. The highest BCUT2D eigenvalue weighted by molar-refractivity contribution is 5.89. The van der Waals surface area contributed by atoms with Crippen molar-refractivity contribution in [2.75, 3.05) is 36.7 Å². The summed E-state index contributed by atoms with van der Waals surface area (Å²) >= 11 is 0. The van der Waals surface area contributed by atoms with E-state index < -0.39 is 0 Å². The minimum absolute atomic E-state index is 0.0275. The van der Waals surface area contributed by atoms with E-state index in [0.29, 0.717) is 42.4 Å². The Balaban J connectivity index is 1.25. The maximum Gasteiger partial charge on any atom is 0.337 e. The Morgan fingerprint density at radius 2 is 1.59 bits per heavy atom. The predicted molar refractivity (Wildman–Crippen MR) is 152 cm³/mol. The number of nitrogens with one attached hydrogen (secondary N) is 4. The van der Waals surface area contributed by atoms with Crippen LogP contribution in [-0.4, -0.2) is 53.6 Å². The quantitative estimate of drug-likeness (QED) is 0.269. The molecule has 1 amide bonds. The summed E-state index contributed by atoms with van der Waals surface area (Å²) < 4.78 is 4.72. The van der Waals surface area contributed by atoms with E-state index in [1.54, 1.807) is 19.2 Å². The zero-order chi connectivity index (χ0) is 27.6. The molecule has 39 heavy (non-hydrogen) atoms. The lowest BCUT2D eigenvalue weighted by Crippen LogP contribution is -2.36. The molecule has 206 valence electrons. The number of methoxy groups -OCH3 is 1. The summed E-state index contributed by atoms with van der Waals surface area (Å²) in [6.45, 7) is 3.29. The van der Waals surface area contributed by atoms with E-state index in [2.05, 4.69) is 55.3 Å². The average Bonchev–Trinajstić information content (AvgIpc) is 2.99. The Morgan fingerprint density at radius 3 is 2.26 bits per heavy atom. The molecule has 0 bridgehead atoms. The third kappa shape index (κ3) is 7.89. The van der Waals surface area contributed by atoms with Crippen LogP contribution in [0.5, 0.6) is 0 Å². The molecule has 1 heterocycles. The van der Waals surface area contributed by atoms with Gasteiger partial charge in [0.2, 0.25) is 23.8 Å². The molecule has 1 aliphatic carbocycles. The second-order valence-electron chi connectivity index (χ2n) is 9.85. The van der Waals surface area contributed by atoms with Gasteiger partial charge in [0.05, 0.1) is 12.7 Å². The van der Waals surface area contributed by atoms with Gasteiger partial charge in [0.15, 0.2) is 0 Å². The molecule has 0 saturated heterocycles. The molecule has 1 aliphatic rings. The monoisotopic (exact) mass is 531 g/mol. The Hall–Kier alpha value is -4.21. The van der Waals surface area contributed by atoms with Gasteiger partial charge in [-0.15, -0.1) is 0 Å². The molecule has 1 fully saturated rings. The molecular formula is C29H37N7O3. The average molecular weight is 532 g/mol. The summed E-state index contributed by atoms with van der Waals surface area (Å²) in [5.74, 6) is 1.50. The minimum Gasteiger partial charge on any atom is -0.465 e. The number of aromatic nitrogens is 3. The Bertz CT molecular complexity index is 1230. The Kier molecular flexibility index (Phi) is 9.66. The number of carbonyl (C=O) groups excluding carboxylic acids is 2. The summed E-state index contributed by atoms with van der Waals surface area (Å²) in [4.78, 5) is 37.9. The molecule has 3 aromatic rings. The normalized spacial score (nSPS) is 17.5. The molecule has 0 unspecified atom stereocenters. The van der Waals surface area contributed by atoms with Gasteiger partial charge in [-0.25, -0.2) is 4.79 Å². The molecule has 4 N–H and O–H groups in total. The molecular weight excluding hydrogens is 494 g/mol. The second-order valence-corrected chi connectivity index (χ2v) is 9.85. The van der Waals surface area contributed by atoms with Crippen LogP contribution in [0.15, 0.2) is 54.6 Å². The second kappa shape index (κ2) is 13.5. The highest BCUT2D eigenvalue weighted by Crippen LogP contribution is 2.27. The van der Waals surface area contributed by atoms with Crippen LogP contribution >= 0.6 is 0 Å². The van der Waals surface area contributed by atoms with Crippen LogP contribution in [0.3, 0.4) is 0 Å². The highest BCUT2D eigenvalue weighted by atomic mass is 16.5. The number of carbonyl (C=O) groups is 2. The van der Waals surface area contributed by atoms with Gasteiger partial charge >= 0.3 is 5.97 Å². The molecule has 0 spiro atoms. The third-order valence-electron chi connectivity index (χ3n) is 7.07. The first-order valence-corrected chi connectivity index (χ1v) is 13.4. The van der Waals surface area contributed by atoms with Crippen molar-refractivity contribution >= 4 is 29.7 Å². The van der Waals surface area contributed by atoms with E-state index in [0.717, 1.165) is 31.2 Å². The van der Waals surface area contributed by atoms with Crippen LogP contribution in [0.1, 0.15) is 60.0 Å². The van der Waals surface area contributed by atoms with Gasteiger partial charge < -0.3 is 26.0 Å². The maximum atomic E-state index is 12.8. The van der Waals surface area contributed by atoms with Crippen molar-refractivity contribution in [1.29, 1.82) is 0 Å². The number of benzene rings is 2. The molecule has 10 nitrogen and oxygen atoms in total. The molecule has 1 saturated carbocycles. The summed E-state index contributed by atoms with van der Waals surface area (Å²) in [7, 11) is 3.14. The van der Waals surface area contributed by atoms with E-state index >= 15 is 0 Å². The zero-order valence-corrected chi connectivity index (χ0v) is 22.7. The smallest absolute Gasteiger partial charge is 0.337 e. The van der Waals surface area contributed by atoms with E-state index in [9.17, 15) is 9.59 Å². The molecule has 0 radical (unpaired) electrons. The fourth-order valence-electron chi connectivity index (χ4n) is 4.67. The van der Waals surface area contributed by atoms with E-state index in [1.807, 2.05) is 30.3 Å². The summed E-state index contributed by atoms with van der Waals surface area (Å²) in [5.41, 5.74) is 2.68. The first-order valence-electron chi connectivity index (χ1n) is 13.4. The van der Waals surface area contributed by atoms with Gasteiger partial charge in [-0.05, 0) is 54.9 Å². The van der Waals surface area contributed by atoms with Crippen LogP contribution < -0.4 is 21.3 Å². The van der Waals surface area contributed by atoms with E-state index in [4.69, 9.17) is 4.74 Å². The largest absolute Gasteiger partial charge is 0.465 e. The third-order valence-corrected chi connectivity index (χ3v) is 7.07. The van der Waals surface area contributed by atoms with Crippen LogP contribution in [-0.2, 0) is 16.1 Å². The zero-order valence-electron chi connectivity index (χ0n) is 22.7. The van der Waals surface area contributed by atoms with Crippen LogP contribution in [0.25, 0.3) is 0 Å². The van der Waals surface area contributed by atoms with Crippen LogP contribution in [0.2, 0.25) is 0 Å². The minimum atomic E-state index is -0.375. The van der Waals surface area contributed by atoms with Gasteiger partial charge in [-0.1, -0.05) is 49.4 Å². The van der Waals surface area contributed by atoms with Gasteiger partial charge in [0.25, 0.3) is 0 Å². The summed E-state index contributed by atoms with van der Waals surface area (Å²) in [6.07, 6.45) is 3.27. The lowest BCUT2D eigenvalue weighted by atomic mass is 9.85. The van der Waals surface area contributed by atoms with E-state index in [-0.39, 0.29) is 23.8 Å². The van der Waals surface area contributed by atoms with Crippen molar-refractivity contribution in [3.63, 3.8) is 0 Å². The molecule has 1 atom stereocenters. The number of nitrogens with zero attached hydrogens (tertiary/aromatic N) is 3. The molecule has 10 heteroatoms. The fourth-order valence-corrected chi connectivity index (χ4v) is 4.67. The molecule has 4 rings (SSSR count). The Morgan fingerprint density at radius 1 is 0.923 bits per heavy atom. The maximum absolute atomic E-state index is 12.8. The van der Waals surface area contributed by atoms with Gasteiger partial charge in [0.1, 0.15) is 0 Å². The lowest BCUT2D eigenvalue weighted by Gasteiger charge is -2.28. The van der Waals surface area contributed by atoms with Gasteiger partial charge in [0, 0.05) is 32.1 Å².